The first kappa shape index (κ1) is 20.0. The van der Waals surface area contributed by atoms with Gasteiger partial charge in [0.2, 0.25) is 0 Å². The van der Waals surface area contributed by atoms with E-state index in [4.69, 9.17) is 9.31 Å². The number of halogens is 3. The van der Waals surface area contributed by atoms with Crippen molar-refractivity contribution in [1.82, 2.24) is 5.32 Å². The lowest BCUT2D eigenvalue weighted by molar-refractivity contribution is -0.138. The maximum atomic E-state index is 12.9. The maximum absolute atomic E-state index is 12.9. The number of benzene rings is 1. The van der Waals surface area contributed by atoms with Crippen molar-refractivity contribution in [2.75, 3.05) is 13.6 Å². The minimum Gasteiger partial charge on any atom is -0.400 e. The van der Waals surface area contributed by atoms with E-state index in [1.54, 1.807) is 7.05 Å². The minimum absolute atomic E-state index is 0.193. The van der Waals surface area contributed by atoms with Crippen LogP contribution in [-0.2, 0) is 15.5 Å². The van der Waals surface area contributed by atoms with Crippen LogP contribution in [0.2, 0.25) is 0 Å². The molecule has 7 heteroatoms. The standard InChI is InChI=1S/C18H25BF3NO2/c1-12-9-13(7-8-15(12)18(20,21)22)10-14(11-23-6)19-24-16(2,3)17(4,5)25-19/h7-10,23H,11H2,1-6H3. The number of rotatable bonds is 4. The topological polar surface area (TPSA) is 30.5 Å². The van der Waals surface area contributed by atoms with Crippen molar-refractivity contribution in [2.45, 2.75) is 52.0 Å². The Balaban J connectivity index is 2.34. The molecular formula is C18H25BF3NO2. The molecule has 0 atom stereocenters. The van der Waals surface area contributed by atoms with Gasteiger partial charge in [0.1, 0.15) is 0 Å². The van der Waals surface area contributed by atoms with Crippen LogP contribution in [0.5, 0.6) is 0 Å². The number of hydrogen-bond donors (Lipinski definition) is 1. The largest absolute Gasteiger partial charge is 0.491 e. The van der Waals surface area contributed by atoms with Crippen LogP contribution in [0.3, 0.4) is 0 Å². The molecule has 1 aliphatic heterocycles. The summed E-state index contributed by atoms with van der Waals surface area (Å²) in [6, 6.07) is 4.11. The first-order chi connectivity index (χ1) is 11.4. The quantitative estimate of drug-likeness (QED) is 0.820. The van der Waals surface area contributed by atoms with E-state index in [0.717, 1.165) is 11.5 Å². The zero-order valence-electron chi connectivity index (χ0n) is 15.5. The molecule has 1 aromatic carbocycles. The molecule has 0 bridgehead atoms. The predicted octanol–water partition coefficient (Wildman–Crippen LogP) is 4.25. The summed E-state index contributed by atoms with van der Waals surface area (Å²) in [6.45, 7) is 9.83. The Kier molecular flexibility index (Phi) is 5.43. The molecular weight excluding hydrogens is 330 g/mol. The van der Waals surface area contributed by atoms with Crippen molar-refractivity contribution in [1.29, 1.82) is 0 Å². The number of alkyl halides is 3. The van der Waals surface area contributed by atoms with E-state index < -0.39 is 30.1 Å². The van der Waals surface area contributed by atoms with Crippen LogP contribution in [0.25, 0.3) is 6.08 Å². The average molecular weight is 355 g/mol. The molecule has 0 aromatic heterocycles. The highest BCUT2D eigenvalue weighted by molar-refractivity contribution is 6.55. The molecule has 1 fully saturated rings. The summed E-state index contributed by atoms with van der Waals surface area (Å²) in [4.78, 5) is 0. The molecule has 1 N–H and O–H groups in total. The zero-order chi connectivity index (χ0) is 19.0. The molecule has 2 rings (SSSR count). The van der Waals surface area contributed by atoms with E-state index >= 15 is 0 Å². The van der Waals surface area contributed by atoms with E-state index in [9.17, 15) is 13.2 Å². The summed E-state index contributed by atoms with van der Waals surface area (Å²) >= 11 is 0. The molecule has 138 valence electrons. The second kappa shape index (κ2) is 6.78. The third-order valence-electron chi connectivity index (χ3n) is 4.84. The van der Waals surface area contributed by atoms with E-state index in [-0.39, 0.29) is 5.56 Å². The lowest BCUT2D eigenvalue weighted by Gasteiger charge is -2.32. The molecule has 0 unspecified atom stereocenters. The minimum atomic E-state index is -4.34. The van der Waals surface area contributed by atoms with Gasteiger partial charge in [-0.1, -0.05) is 18.2 Å². The monoisotopic (exact) mass is 355 g/mol. The summed E-state index contributed by atoms with van der Waals surface area (Å²) < 4.78 is 50.8. The van der Waals surface area contributed by atoms with Gasteiger partial charge in [-0.3, -0.25) is 0 Å². The SMILES string of the molecule is CNCC(=Cc1ccc(C(F)(F)F)c(C)c1)B1OC(C)(C)C(C)(C)O1. The fourth-order valence-electron chi connectivity index (χ4n) is 2.71. The Morgan fingerprint density at radius 1 is 1.16 bits per heavy atom. The third-order valence-corrected chi connectivity index (χ3v) is 4.84. The highest BCUT2D eigenvalue weighted by Crippen LogP contribution is 2.39. The lowest BCUT2D eigenvalue weighted by Crippen LogP contribution is -2.41. The molecule has 1 aliphatic rings. The third kappa shape index (κ3) is 4.27. The van der Waals surface area contributed by atoms with E-state index in [0.29, 0.717) is 12.1 Å². The van der Waals surface area contributed by atoms with Gasteiger partial charge in [0.15, 0.2) is 0 Å². The van der Waals surface area contributed by atoms with Gasteiger partial charge in [0, 0.05) is 6.54 Å². The van der Waals surface area contributed by atoms with Crippen molar-refractivity contribution in [3.8, 4) is 0 Å². The van der Waals surface area contributed by atoms with Gasteiger partial charge in [-0.25, -0.2) is 0 Å². The molecule has 25 heavy (non-hydrogen) atoms. The molecule has 0 amide bonds. The van der Waals surface area contributed by atoms with Crippen LogP contribution in [0.1, 0.15) is 44.4 Å². The average Bonchev–Trinajstić information content (AvgIpc) is 2.65. The van der Waals surface area contributed by atoms with Gasteiger partial charge in [0.25, 0.3) is 0 Å². The highest BCUT2D eigenvalue weighted by Gasteiger charge is 2.52. The van der Waals surface area contributed by atoms with E-state index in [1.165, 1.54) is 19.1 Å². The second-order valence-electron chi connectivity index (χ2n) is 7.41. The molecule has 0 aliphatic carbocycles. The molecule has 0 saturated carbocycles. The van der Waals surface area contributed by atoms with Crippen LogP contribution in [0.15, 0.2) is 23.7 Å². The van der Waals surface area contributed by atoms with Crippen LogP contribution >= 0.6 is 0 Å². The molecule has 3 nitrogen and oxygen atoms in total. The number of likely N-dealkylation sites (N-methyl/N-ethyl adjacent to an activating group) is 1. The second-order valence-corrected chi connectivity index (χ2v) is 7.41. The molecule has 1 aromatic rings. The summed E-state index contributed by atoms with van der Waals surface area (Å²) in [7, 11) is 1.26. The van der Waals surface area contributed by atoms with Crippen molar-refractivity contribution in [3.05, 3.63) is 40.4 Å². The molecule has 0 spiro atoms. The molecule has 1 saturated heterocycles. The fraction of sp³-hybridized carbons (Fsp3) is 0.556. The number of hydrogen-bond acceptors (Lipinski definition) is 3. The first-order valence-corrected chi connectivity index (χ1v) is 8.26. The van der Waals surface area contributed by atoms with Gasteiger partial charge in [-0.15, -0.1) is 0 Å². The number of nitrogens with one attached hydrogen (secondary N) is 1. The Morgan fingerprint density at radius 3 is 2.16 bits per heavy atom. The Labute approximate surface area is 147 Å². The van der Waals surface area contributed by atoms with Crippen LogP contribution in [0, 0.1) is 6.92 Å². The molecule has 1 heterocycles. The smallest absolute Gasteiger partial charge is 0.400 e. The molecule has 0 radical (unpaired) electrons. The van der Waals surface area contributed by atoms with Gasteiger partial charge < -0.3 is 14.6 Å². The number of aryl methyl sites for hydroxylation is 1. The van der Waals surface area contributed by atoms with Crippen molar-refractivity contribution < 1.29 is 22.5 Å². The Hall–Kier alpha value is -1.31. The highest BCUT2D eigenvalue weighted by atomic mass is 19.4. The van der Waals surface area contributed by atoms with Gasteiger partial charge in [-0.2, -0.15) is 13.2 Å². The van der Waals surface area contributed by atoms with Crippen molar-refractivity contribution >= 4 is 13.2 Å². The first-order valence-electron chi connectivity index (χ1n) is 8.26. The summed E-state index contributed by atoms with van der Waals surface area (Å²) in [6.07, 6.45) is -2.52. The van der Waals surface area contributed by atoms with Crippen LogP contribution in [0.4, 0.5) is 13.2 Å². The summed E-state index contributed by atoms with van der Waals surface area (Å²) in [5.41, 5.74) is 0.154. The van der Waals surface area contributed by atoms with Crippen molar-refractivity contribution in [2.24, 2.45) is 0 Å². The summed E-state index contributed by atoms with van der Waals surface area (Å²) in [5.74, 6) is 0. The van der Waals surface area contributed by atoms with Gasteiger partial charge in [0.05, 0.1) is 16.8 Å². The predicted molar refractivity (Wildman–Crippen MR) is 94.2 cm³/mol. The Bertz CT molecular complexity index is 653. The van der Waals surface area contributed by atoms with Gasteiger partial charge in [-0.05, 0) is 64.3 Å². The van der Waals surface area contributed by atoms with Crippen LogP contribution < -0.4 is 5.32 Å². The van der Waals surface area contributed by atoms with Crippen molar-refractivity contribution in [3.63, 3.8) is 0 Å². The normalized spacial score (nSPS) is 20.2. The zero-order valence-corrected chi connectivity index (χ0v) is 15.5. The maximum Gasteiger partial charge on any atom is 0.491 e. The van der Waals surface area contributed by atoms with Gasteiger partial charge >= 0.3 is 13.3 Å². The Morgan fingerprint density at radius 2 is 1.72 bits per heavy atom. The van der Waals surface area contributed by atoms with E-state index in [2.05, 4.69) is 5.32 Å². The lowest BCUT2D eigenvalue weighted by atomic mass is 9.77. The summed E-state index contributed by atoms with van der Waals surface area (Å²) in [5, 5.41) is 3.06. The van der Waals surface area contributed by atoms with Crippen LogP contribution in [-0.4, -0.2) is 31.9 Å². The van der Waals surface area contributed by atoms with E-state index in [1.807, 2.05) is 33.8 Å². The fourth-order valence-corrected chi connectivity index (χ4v) is 2.71.